The lowest BCUT2D eigenvalue weighted by Gasteiger charge is -2.21. The third-order valence-electron chi connectivity index (χ3n) is 9.71. The van der Waals surface area contributed by atoms with Crippen molar-refractivity contribution in [2.24, 2.45) is 11.8 Å². The molecule has 4 aromatic carbocycles. The van der Waals surface area contributed by atoms with E-state index in [1.807, 2.05) is 74.5 Å². The van der Waals surface area contributed by atoms with Gasteiger partial charge in [-0.1, -0.05) is 38.1 Å². The van der Waals surface area contributed by atoms with Crippen molar-refractivity contribution in [3.63, 3.8) is 0 Å². The molecule has 6 atom stereocenters. The molecule has 4 aromatic rings. The molecule has 51 heavy (non-hydrogen) atoms. The molecule has 1 saturated heterocycles. The lowest BCUT2D eigenvalue weighted by atomic mass is 9.85. The second-order valence-corrected chi connectivity index (χ2v) is 13.2. The van der Waals surface area contributed by atoms with Gasteiger partial charge in [0.05, 0.1) is 54.9 Å². The van der Waals surface area contributed by atoms with E-state index < -0.39 is 0 Å². The molecule has 1 heterocycles. The average Bonchev–Trinajstić information content (AvgIpc) is 3.44. The van der Waals surface area contributed by atoms with E-state index in [1.54, 1.807) is 42.7 Å². The molecular weight excluding hydrogens is 648 g/mol. The van der Waals surface area contributed by atoms with Crippen molar-refractivity contribution < 1.29 is 42.6 Å². The summed E-state index contributed by atoms with van der Waals surface area (Å²) in [7, 11) is 9.88. The first kappa shape index (κ1) is 37.5. The van der Waals surface area contributed by atoms with Gasteiger partial charge in [-0.3, -0.25) is 0 Å². The number of rotatable bonds is 16. The molecule has 0 N–H and O–H groups in total. The Morgan fingerprint density at radius 3 is 1.14 bits per heavy atom. The molecule has 0 saturated carbocycles. The first-order valence-corrected chi connectivity index (χ1v) is 17.4. The molecular formula is C42H52O9. The smallest absolute Gasteiger partial charge is 0.161 e. The van der Waals surface area contributed by atoms with Crippen LogP contribution < -0.4 is 37.9 Å². The van der Waals surface area contributed by atoms with Crippen LogP contribution in [0.3, 0.4) is 0 Å². The molecule has 9 nitrogen and oxygen atoms in total. The van der Waals surface area contributed by atoms with Gasteiger partial charge in [0.15, 0.2) is 46.0 Å². The SMILES string of the molecule is COc1ccc(CC(C)Oc2ccc([C@H]3O[C@H](c4ccc(O[C@H](C)Cc5ccc(OC)c(OC)c5)c(OC)c4)[C@H](C)[C@H]3C)cc2OC)cc1OC. The zero-order chi connectivity index (χ0) is 36.7. The minimum atomic E-state index is -0.124. The van der Waals surface area contributed by atoms with Gasteiger partial charge in [0.25, 0.3) is 0 Å². The molecule has 9 heteroatoms. The molecule has 0 spiro atoms. The predicted molar refractivity (Wildman–Crippen MR) is 198 cm³/mol. The maximum atomic E-state index is 6.80. The summed E-state index contributed by atoms with van der Waals surface area (Å²) < 4.78 is 52.9. The van der Waals surface area contributed by atoms with Crippen LogP contribution in [0.25, 0.3) is 0 Å². The molecule has 1 fully saturated rings. The highest BCUT2D eigenvalue weighted by atomic mass is 16.5. The van der Waals surface area contributed by atoms with Crippen LogP contribution in [0.15, 0.2) is 72.8 Å². The van der Waals surface area contributed by atoms with Crippen molar-refractivity contribution in [1.82, 2.24) is 0 Å². The molecule has 0 radical (unpaired) electrons. The van der Waals surface area contributed by atoms with Gasteiger partial charge >= 0.3 is 0 Å². The first-order valence-electron chi connectivity index (χ1n) is 17.4. The lowest BCUT2D eigenvalue weighted by Crippen LogP contribution is -2.16. The Labute approximate surface area is 302 Å². The highest BCUT2D eigenvalue weighted by Gasteiger charge is 2.41. The van der Waals surface area contributed by atoms with Gasteiger partial charge in [-0.05, 0) is 96.5 Å². The summed E-state index contributed by atoms with van der Waals surface area (Å²) in [5.74, 6) is 6.00. The van der Waals surface area contributed by atoms with Crippen molar-refractivity contribution >= 4 is 0 Å². The van der Waals surface area contributed by atoms with Crippen LogP contribution in [0.4, 0.5) is 0 Å². The fraction of sp³-hybridized carbons (Fsp3) is 0.429. The van der Waals surface area contributed by atoms with Crippen molar-refractivity contribution in [3.8, 4) is 46.0 Å². The highest BCUT2D eigenvalue weighted by molar-refractivity contribution is 5.47. The van der Waals surface area contributed by atoms with Crippen LogP contribution in [-0.2, 0) is 17.6 Å². The van der Waals surface area contributed by atoms with Crippen molar-refractivity contribution in [3.05, 3.63) is 95.1 Å². The zero-order valence-electron chi connectivity index (χ0n) is 31.5. The predicted octanol–water partition coefficient (Wildman–Crippen LogP) is 8.84. The fourth-order valence-corrected chi connectivity index (χ4v) is 6.83. The molecule has 0 aliphatic carbocycles. The van der Waals surface area contributed by atoms with Crippen LogP contribution >= 0.6 is 0 Å². The Bertz CT molecular complexity index is 1630. The number of benzene rings is 4. The van der Waals surface area contributed by atoms with Crippen LogP contribution in [0, 0.1) is 11.8 Å². The molecule has 1 unspecified atom stereocenters. The minimum absolute atomic E-state index is 0.107. The maximum absolute atomic E-state index is 6.80. The summed E-state index contributed by atoms with van der Waals surface area (Å²) >= 11 is 0. The molecule has 1 aliphatic rings. The van der Waals surface area contributed by atoms with Crippen LogP contribution in [0.1, 0.15) is 62.2 Å². The van der Waals surface area contributed by atoms with E-state index in [-0.39, 0.29) is 36.3 Å². The molecule has 0 aromatic heterocycles. The quantitative estimate of drug-likeness (QED) is 0.114. The van der Waals surface area contributed by atoms with Crippen LogP contribution in [0.2, 0.25) is 0 Å². The highest BCUT2D eigenvalue weighted by Crippen LogP contribution is 2.51. The topological polar surface area (TPSA) is 83.1 Å². The minimum Gasteiger partial charge on any atom is -0.493 e. The Morgan fingerprint density at radius 1 is 0.451 bits per heavy atom. The van der Waals surface area contributed by atoms with E-state index in [0.717, 1.165) is 22.3 Å². The van der Waals surface area contributed by atoms with Gasteiger partial charge in [-0.2, -0.15) is 0 Å². The molecule has 5 rings (SSSR count). The first-order chi connectivity index (χ1) is 24.6. The Balaban J connectivity index is 1.26. The van der Waals surface area contributed by atoms with Crippen molar-refractivity contribution in [2.75, 3.05) is 42.7 Å². The van der Waals surface area contributed by atoms with E-state index in [9.17, 15) is 0 Å². The normalized spacial score (nSPS) is 19.5. The second-order valence-electron chi connectivity index (χ2n) is 13.2. The largest absolute Gasteiger partial charge is 0.493 e. The summed E-state index contributed by atoms with van der Waals surface area (Å²) in [5, 5.41) is 0. The van der Waals surface area contributed by atoms with Crippen LogP contribution in [-0.4, -0.2) is 54.9 Å². The molecule has 0 amide bonds. The third kappa shape index (κ3) is 8.59. The van der Waals surface area contributed by atoms with Gasteiger partial charge in [0.1, 0.15) is 12.2 Å². The molecule has 1 aliphatic heterocycles. The summed E-state index contributed by atoms with van der Waals surface area (Å²) in [5.41, 5.74) is 4.27. The number of methoxy groups -OCH3 is 6. The Morgan fingerprint density at radius 2 is 0.784 bits per heavy atom. The van der Waals surface area contributed by atoms with Crippen molar-refractivity contribution in [2.45, 2.75) is 65.0 Å². The Kier molecular flexibility index (Phi) is 12.5. The fourth-order valence-electron chi connectivity index (χ4n) is 6.83. The average molecular weight is 701 g/mol. The third-order valence-corrected chi connectivity index (χ3v) is 9.71. The lowest BCUT2D eigenvalue weighted by molar-refractivity contribution is 0.0287. The van der Waals surface area contributed by atoms with E-state index in [4.69, 9.17) is 42.6 Å². The van der Waals surface area contributed by atoms with Gasteiger partial charge in [-0.25, -0.2) is 0 Å². The maximum Gasteiger partial charge on any atom is 0.161 e. The van der Waals surface area contributed by atoms with E-state index in [0.29, 0.717) is 58.8 Å². The van der Waals surface area contributed by atoms with Gasteiger partial charge in [-0.15, -0.1) is 0 Å². The second kappa shape index (κ2) is 17.0. The van der Waals surface area contributed by atoms with E-state index >= 15 is 0 Å². The summed E-state index contributed by atoms with van der Waals surface area (Å²) in [6.45, 7) is 8.56. The van der Waals surface area contributed by atoms with Crippen LogP contribution in [0.5, 0.6) is 46.0 Å². The number of ether oxygens (including phenoxy) is 9. The summed E-state index contributed by atoms with van der Waals surface area (Å²) in [6, 6.07) is 24.0. The summed E-state index contributed by atoms with van der Waals surface area (Å²) in [4.78, 5) is 0. The Hall–Kier alpha value is -4.76. The number of hydrogen-bond donors (Lipinski definition) is 0. The van der Waals surface area contributed by atoms with E-state index in [2.05, 4.69) is 26.0 Å². The summed E-state index contributed by atoms with van der Waals surface area (Å²) in [6.07, 6.45) is 0.921. The molecule has 274 valence electrons. The van der Waals surface area contributed by atoms with Crippen molar-refractivity contribution in [1.29, 1.82) is 0 Å². The molecule has 0 bridgehead atoms. The van der Waals surface area contributed by atoms with Gasteiger partial charge in [0.2, 0.25) is 0 Å². The van der Waals surface area contributed by atoms with Gasteiger partial charge in [0, 0.05) is 12.8 Å². The zero-order valence-corrected chi connectivity index (χ0v) is 31.5. The monoisotopic (exact) mass is 700 g/mol. The number of hydrogen-bond acceptors (Lipinski definition) is 9. The standard InChI is InChI=1S/C42H52O9/c1-25(19-29-11-15-33(43-5)37(21-29)45-7)49-35-17-13-31(23-39(35)47-9)41-27(3)28(4)42(51-41)32-14-18-36(40(24-32)48-10)50-26(2)20-30-12-16-34(44-6)38(22-30)46-8/h11-18,21-28,41-42H,19-20H2,1-10H3/t25-,26?,27-,28-,41+,42+/m1/s1. The van der Waals surface area contributed by atoms with Gasteiger partial charge < -0.3 is 42.6 Å². The van der Waals surface area contributed by atoms with E-state index in [1.165, 1.54) is 0 Å².